The van der Waals surface area contributed by atoms with Gasteiger partial charge in [-0.2, -0.15) is 0 Å². The lowest BCUT2D eigenvalue weighted by Gasteiger charge is -2.40. The van der Waals surface area contributed by atoms with E-state index in [-0.39, 0.29) is 24.0 Å². The van der Waals surface area contributed by atoms with Crippen molar-refractivity contribution >= 4 is 14.6 Å². The summed E-state index contributed by atoms with van der Waals surface area (Å²) in [5.74, 6) is -0.393. The fourth-order valence-corrected chi connectivity index (χ4v) is 3.36. The van der Waals surface area contributed by atoms with Gasteiger partial charge in [-0.15, -0.1) is 0 Å². The van der Waals surface area contributed by atoms with E-state index in [1.165, 1.54) is 0 Å². The van der Waals surface area contributed by atoms with Crippen molar-refractivity contribution in [3.63, 3.8) is 0 Å². The van der Waals surface area contributed by atoms with Crippen LogP contribution in [0.3, 0.4) is 0 Å². The smallest absolute Gasteiger partial charge is 0.192 e. The number of carbonyl (C=O) groups excluding carboxylic acids is 1. The highest BCUT2D eigenvalue weighted by Crippen LogP contribution is 2.38. The SMILES string of the molecule is COCO[C@H](C)C[C@@H](C[C@H](O)[C@H](C)C=O)O[Si](C)(C)C(C)(C)C. The normalized spacial score (nSPS) is 18.3. The number of aldehydes is 1. The number of hydrogen-bond donors (Lipinski definition) is 1. The van der Waals surface area contributed by atoms with Crippen molar-refractivity contribution in [2.24, 2.45) is 5.92 Å². The molecule has 0 spiro atoms. The Morgan fingerprint density at radius 3 is 2.17 bits per heavy atom. The van der Waals surface area contributed by atoms with Crippen LogP contribution in [0, 0.1) is 5.92 Å². The monoisotopic (exact) mass is 348 g/mol. The van der Waals surface area contributed by atoms with Gasteiger partial charge in [-0.25, -0.2) is 0 Å². The van der Waals surface area contributed by atoms with Crippen LogP contribution in [-0.2, 0) is 18.7 Å². The van der Waals surface area contributed by atoms with Gasteiger partial charge < -0.3 is 23.8 Å². The Morgan fingerprint density at radius 1 is 1.17 bits per heavy atom. The second-order valence-electron chi connectivity index (χ2n) is 7.92. The summed E-state index contributed by atoms with van der Waals surface area (Å²) in [6, 6.07) is 0. The molecule has 0 rings (SSSR count). The van der Waals surface area contributed by atoms with Crippen molar-refractivity contribution in [3.05, 3.63) is 0 Å². The summed E-state index contributed by atoms with van der Waals surface area (Å²) in [6.45, 7) is 14.9. The third-order valence-electron chi connectivity index (χ3n) is 4.66. The highest BCUT2D eigenvalue weighted by atomic mass is 28.4. The van der Waals surface area contributed by atoms with Gasteiger partial charge in [0.25, 0.3) is 0 Å². The number of aliphatic hydroxyl groups excluding tert-OH is 1. The quantitative estimate of drug-likeness (QED) is 0.352. The molecule has 4 atom stereocenters. The van der Waals surface area contributed by atoms with Crippen LogP contribution in [0.4, 0.5) is 0 Å². The van der Waals surface area contributed by atoms with Crippen LogP contribution in [-0.4, -0.2) is 51.9 Å². The van der Waals surface area contributed by atoms with Crippen molar-refractivity contribution in [2.75, 3.05) is 13.9 Å². The first kappa shape index (κ1) is 22.7. The molecule has 0 aliphatic heterocycles. The number of hydrogen-bond acceptors (Lipinski definition) is 5. The zero-order chi connectivity index (χ0) is 18.3. The van der Waals surface area contributed by atoms with Crippen molar-refractivity contribution < 1.29 is 23.8 Å². The molecule has 0 bridgehead atoms. The molecule has 23 heavy (non-hydrogen) atoms. The maximum Gasteiger partial charge on any atom is 0.192 e. The third-order valence-corrected chi connectivity index (χ3v) is 9.19. The largest absolute Gasteiger partial charge is 0.414 e. The van der Waals surface area contributed by atoms with E-state index in [9.17, 15) is 9.90 Å². The van der Waals surface area contributed by atoms with E-state index in [1.54, 1.807) is 14.0 Å². The fraction of sp³-hybridized carbons (Fsp3) is 0.941. The molecule has 0 saturated carbocycles. The Hall–Kier alpha value is -0.273. The van der Waals surface area contributed by atoms with Gasteiger partial charge in [0, 0.05) is 19.1 Å². The van der Waals surface area contributed by atoms with Crippen LogP contribution in [0.5, 0.6) is 0 Å². The topological polar surface area (TPSA) is 65.0 Å². The van der Waals surface area contributed by atoms with Gasteiger partial charge in [0.05, 0.1) is 12.2 Å². The van der Waals surface area contributed by atoms with Crippen molar-refractivity contribution in [1.29, 1.82) is 0 Å². The van der Waals surface area contributed by atoms with E-state index in [4.69, 9.17) is 13.9 Å². The molecule has 0 radical (unpaired) electrons. The molecule has 5 nitrogen and oxygen atoms in total. The lowest BCUT2D eigenvalue weighted by Crippen LogP contribution is -2.45. The molecule has 138 valence electrons. The van der Waals surface area contributed by atoms with Crippen molar-refractivity contribution in [3.8, 4) is 0 Å². The van der Waals surface area contributed by atoms with Crippen LogP contribution >= 0.6 is 0 Å². The summed E-state index contributed by atoms with van der Waals surface area (Å²) >= 11 is 0. The molecule has 0 unspecified atom stereocenters. The van der Waals surface area contributed by atoms with Crippen LogP contribution in [0.15, 0.2) is 0 Å². The van der Waals surface area contributed by atoms with Gasteiger partial charge in [-0.05, 0) is 37.9 Å². The molecule has 0 aromatic carbocycles. The van der Waals surface area contributed by atoms with Gasteiger partial charge in [-0.1, -0.05) is 27.7 Å². The van der Waals surface area contributed by atoms with E-state index < -0.39 is 20.3 Å². The molecule has 0 aliphatic carbocycles. The summed E-state index contributed by atoms with van der Waals surface area (Å²) in [5, 5.41) is 10.3. The van der Waals surface area contributed by atoms with Gasteiger partial charge >= 0.3 is 0 Å². The molecule has 1 N–H and O–H groups in total. The van der Waals surface area contributed by atoms with Gasteiger partial charge in [-0.3, -0.25) is 0 Å². The maximum atomic E-state index is 10.9. The summed E-state index contributed by atoms with van der Waals surface area (Å²) < 4.78 is 16.9. The third kappa shape index (κ3) is 8.40. The minimum Gasteiger partial charge on any atom is -0.414 e. The Labute approximate surface area is 142 Å². The number of rotatable bonds is 11. The number of aliphatic hydroxyl groups is 1. The second-order valence-corrected chi connectivity index (χ2v) is 12.7. The van der Waals surface area contributed by atoms with Crippen LogP contribution < -0.4 is 0 Å². The van der Waals surface area contributed by atoms with E-state index >= 15 is 0 Å². The lowest BCUT2D eigenvalue weighted by molar-refractivity contribution is -0.114. The van der Waals surface area contributed by atoms with E-state index in [1.807, 2.05) is 6.92 Å². The number of ether oxygens (including phenoxy) is 2. The van der Waals surface area contributed by atoms with E-state index in [0.29, 0.717) is 12.8 Å². The molecular weight excluding hydrogens is 312 g/mol. The Balaban J connectivity index is 4.95. The number of methoxy groups -OCH3 is 1. The molecule has 0 aromatic rings. The number of carbonyl (C=O) groups is 1. The standard InChI is InChI=1S/C17H36O5Si/c1-13(11-18)16(19)10-15(9-14(2)21-12-20-6)22-23(7,8)17(3,4)5/h11,13-16,19H,9-10,12H2,1-8H3/t13-,14-,15+,16+/m1/s1. The minimum absolute atomic E-state index is 0.0385. The molecule has 0 heterocycles. The average Bonchev–Trinajstić information content (AvgIpc) is 2.42. The Kier molecular flexibility index (Phi) is 9.77. The molecule has 0 amide bonds. The molecule has 0 aromatic heterocycles. The highest BCUT2D eigenvalue weighted by Gasteiger charge is 2.40. The molecule has 0 aliphatic rings. The van der Waals surface area contributed by atoms with Crippen LogP contribution in [0.2, 0.25) is 18.1 Å². The highest BCUT2D eigenvalue weighted by molar-refractivity contribution is 6.74. The summed E-state index contributed by atoms with van der Waals surface area (Å²) in [4.78, 5) is 10.9. The maximum absolute atomic E-state index is 10.9. The second kappa shape index (κ2) is 9.89. The first-order valence-corrected chi connectivity index (χ1v) is 11.3. The Bertz CT molecular complexity index is 340. The van der Waals surface area contributed by atoms with Crippen LogP contribution in [0.1, 0.15) is 47.5 Å². The van der Waals surface area contributed by atoms with Crippen molar-refractivity contribution in [1.82, 2.24) is 0 Å². The van der Waals surface area contributed by atoms with E-state index in [0.717, 1.165) is 6.29 Å². The van der Waals surface area contributed by atoms with E-state index in [2.05, 4.69) is 33.9 Å². The summed E-state index contributed by atoms with van der Waals surface area (Å²) in [5.41, 5.74) is 0. The predicted octanol–water partition coefficient (Wildman–Crippen LogP) is 3.36. The van der Waals surface area contributed by atoms with Gasteiger partial charge in [0.1, 0.15) is 13.1 Å². The summed E-state index contributed by atoms with van der Waals surface area (Å²) in [6.07, 6.45) is 1.02. The van der Waals surface area contributed by atoms with Crippen molar-refractivity contribution in [2.45, 2.75) is 83.9 Å². The zero-order valence-electron chi connectivity index (χ0n) is 16.1. The molecule has 0 saturated heterocycles. The average molecular weight is 349 g/mol. The molecule has 6 heteroatoms. The van der Waals surface area contributed by atoms with Crippen LogP contribution in [0.25, 0.3) is 0 Å². The van der Waals surface area contributed by atoms with Gasteiger partial charge in [0.15, 0.2) is 8.32 Å². The molecular formula is C17H36O5Si. The zero-order valence-corrected chi connectivity index (χ0v) is 17.1. The fourth-order valence-electron chi connectivity index (χ4n) is 1.98. The predicted molar refractivity (Wildman–Crippen MR) is 95.0 cm³/mol. The lowest BCUT2D eigenvalue weighted by atomic mass is 9.98. The van der Waals surface area contributed by atoms with Gasteiger partial charge in [0.2, 0.25) is 0 Å². The first-order chi connectivity index (χ1) is 10.4. The Morgan fingerprint density at radius 2 is 1.74 bits per heavy atom. The first-order valence-electron chi connectivity index (χ1n) is 8.36. The summed E-state index contributed by atoms with van der Waals surface area (Å²) in [7, 11) is -0.375. The molecule has 0 fully saturated rings. The minimum atomic E-state index is -1.96.